The Morgan fingerprint density at radius 1 is 0.871 bits per heavy atom. The van der Waals surface area contributed by atoms with E-state index in [1.807, 2.05) is 15.9 Å². The Labute approximate surface area is 179 Å². The second-order valence-electron chi connectivity index (χ2n) is 8.11. The summed E-state index contributed by atoms with van der Waals surface area (Å²) in [6.45, 7) is 3.89. The number of benzene rings is 2. The Bertz CT molecular complexity index is 1120. The third kappa shape index (κ3) is 3.69. The lowest BCUT2D eigenvalue weighted by Crippen LogP contribution is -2.47. The van der Waals surface area contributed by atoms with Crippen LogP contribution in [0.5, 0.6) is 0 Å². The van der Waals surface area contributed by atoms with Gasteiger partial charge in [0.1, 0.15) is 11.6 Å². The molecule has 0 aliphatic carbocycles. The third-order valence-corrected chi connectivity index (χ3v) is 6.21. The molecule has 0 saturated carbocycles. The molecule has 2 aliphatic heterocycles. The highest BCUT2D eigenvalue weighted by Crippen LogP contribution is 2.33. The molecule has 2 aromatic carbocycles. The highest BCUT2D eigenvalue weighted by molar-refractivity contribution is 6.07. The first-order valence-electron chi connectivity index (χ1n) is 10.7. The highest BCUT2D eigenvalue weighted by atomic mass is 19.1. The van der Waals surface area contributed by atoms with E-state index in [9.17, 15) is 13.6 Å². The van der Waals surface area contributed by atoms with Crippen molar-refractivity contribution in [3.05, 3.63) is 65.9 Å². The molecule has 31 heavy (non-hydrogen) atoms. The molecule has 0 radical (unpaired) electrons. The molecule has 5 rings (SSSR count). The Morgan fingerprint density at radius 3 is 2.32 bits per heavy atom. The zero-order valence-electron chi connectivity index (χ0n) is 17.2. The molecule has 0 unspecified atom stereocenters. The molecule has 2 aliphatic rings. The van der Waals surface area contributed by atoms with Gasteiger partial charge in [-0.15, -0.1) is 0 Å². The van der Waals surface area contributed by atoms with Crippen molar-refractivity contribution in [3.8, 4) is 0 Å². The van der Waals surface area contributed by atoms with Crippen LogP contribution < -0.4 is 9.80 Å². The van der Waals surface area contributed by atoms with Crippen molar-refractivity contribution < 1.29 is 13.6 Å². The fraction of sp³-hybridized carbons (Fsp3) is 0.333. The molecule has 0 spiro atoms. The number of halogens is 2. The maximum Gasteiger partial charge on any atom is 0.257 e. The van der Waals surface area contributed by atoms with Gasteiger partial charge in [0.05, 0.1) is 22.5 Å². The van der Waals surface area contributed by atoms with E-state index in [0.717, 1.165) is 31.6 Å². The predicted molar refractivity (Wildman–Crippen MR) is 118 cm³/mol. The molecule has 3 heterocycles. The molecular formula is C24H24F2N4O. The van der Waals surface area contributed by atoms with Crippen LogP contribution in [0.1, 0.15) is 23.2 Å². The van der Waals surface area contributed by atoms with Crippen molar-refractivity contribution in [2.24, 2.45) is 0 Å². The van der Waals surface area contributed by atoms with Crippen LogP contribution in [0.4, 0.5) is 20.2 Å². The van der Waals surface area contributed by atoms with Crippen LogP contribution in [0, 0.1) is 11.6 Å². The minimum absolute atomic E-state index is 0.0531. The number of pyridine rings is 1. The fourth-order valence-electron chi connectivity index (χ4n) is 4.62. The van der Waals surface area contributed by atoms with Crippen molar-refractivity contribution in [1.82, 2.24) is 9.88 Å². The van der Waals surface area contributed by atoms with Crippen molar-refractivity contribution in [2.45, 2.75) is 12.8 Å². The monoisotopic (exact) mass is 422 g/mol. The van der Waals surface area contributed by atoms with Gasteiger partial charge in [0, 0.05) is 50.9 Å². The van der Waals surface area contributed by atoms with E-state index in [2.05, 4.69) is 9.88 Å². The number of aromatic nitrogens is 1. The van der Waals surface area contributed by atoms with Gasteiger partial charge in [0.15, 0.2) is 0 Å². The Kier molecular flexibility index (Phi) is 5.18. The van der Waals surface area contributed by atoms with E-state index < -0.39 is 0 Å². The second kappa shape index (κ2) is 8.13. The summed E-state index contributed by atoms with van der Waals surface area (Å²) in [6, 6.07) is 11.3. The minimum atomic E-state index is -0.355. The zero-order chi connectivity index (χ0) is 21.4. The number of para-hydroxylation sites is 1. The van der Waals surface area contributed by atoms with E-state index in [1.54, 1.807) is 24.4 Å². The van der Waals surface area contributed by atoms with Gasteiger partial charge >= 0.3 is 0 Å². The van der Waals surface area contributed by atoms with Gasteiger partial charge in [-0.3, -0.25) is 9.78 Å². The molecule has 7 heteroatoms. The van der Waals surface area contributed by atoms with E-state index in [1.165, 1.54) is 18.2 Å². The summed E-state index contributed by atoms with van der Waals surface area (Å²) < 4.78 is 28.4. The summed E-state index contributed by atoms with van der Waals surface area (Å²) in [5.74, 6) is -0.647. The minimum Gasteiger partial charge on any atom is -0.367 e. The Balaban J connectivity index is 1.50. The zero-order valence-corrected chi connectivity index (χ0v) is 17.2. The summed E-state index contributed by atoms with van der Waals surface area (Å²) in [4.78, 5) is 23.7. The summed E-state index contributed by atoms with van der Waals surface area (Å²) in [5, 5.41) is 0.643. The lowest BCUT2D eigenvalue weighted by molar-refractivity contribution is 0.0793. The van der Waals surface area contributed by atoms with E-state index in [0.29, 0.717) is 48.3 Å². The Morgan fingerprint density at radius 2 is 1.58 bits per heavy atom. The number of hydrogen-bond donors (Lipinski definition) is 0. The lowest BCUT2D eigenvalue weighted by Gasteiger charge is -2.38. The standard InChI is InChI=1S/C24H24F2N4O/c25-17-7-8-21-18(15-17)23(19(16-27-21)24(31)30-9-3-4-10-30)29-13-11-28(12-14-29)22-6-2-1-5-20(22)26/h1-2,5-8,15-16H,3-4,9-14H2. The van der Waals surface area contributed by atoms with Gasteiger partial charge in [0.25, 0.3) is 5.91 Å². The molecule has 1 amide bonds. The van der Waals surface area contributed by atoms with Gasteiger partial charge < -0.3 is 14.7 Å². The average Bonchev–Trinajstić information content (AvgIpc) is 3.33. The molecule has 1 aromatic heterocycles. The van der Waals surface area contributed by atoms with Gasteiger partial charge in [-0.1, -0.05) is 12.1 Å². The smallest absolute Gasteiger partial charge is 0.257 e. The highest BCUT2D eigenvalue weighted by Gasteiger charge is 2.28. The first-order chi connectivity index (χ1) is 15.1. The molecule has 2 fully saturated rings. The predicted octanol–water partition coefficient (Wildman–Crippen LogP) is 4.08. The van der Waals surface area contributed by atoms with Crippen molar-refractivity contribution in [1.29, 1.82) is 0 Å². The van der Waals surface area contributed by atoms with Crippen LogP contribution in [-0.2, 0) is 0 Å². The molecule has 5 nitrogen and oxygen atoms in total. The molecule has 0 bridgehead atoms. The number of hydrogen-bond acceptors (Lipinski definition) is 4. The number of fused-ring (bicyclic) bond motifs is 1. The summed E-state index contributed by atoms with van der Waals surface area (Å²) >= 11 is 0. The van der Waals surface area contributed by atoms with Crippen molar-refractivity contribution in [2.75, 3.05) is 49.1 Å². The van der Waals surface area contributed by atoms with Crippen LogP contribution >= 0.6 is 0 Å². The second-order valence-corrected chi connectivity index (χ2v) is 8.11. The number of piperazine rings is 1. The first-order valence-corrected chi connectivity index (χ1v) is 10.7. The number of carbonyl (C=O) groups is 1. The maximum absolute atomic E-state index is 14.2. The van der Waals surface area contributed by atoms with E-state index in [-0.39, 0.29) is 17.5 Å². The number of carbonyl (C=O) groups excluding carboxylic acids is 1. The molecule has 2 saturated heterocycles. The van der Waals surface area contributed by atoms with Gasteiger partial charge in [-0.2, -0.15) is 0 Å². The quantitative estimate of drug-likeness (QED) is 0.638. The Hall–Kier alpha value is -3.22. The molecule has 0 atom stereocenters. The van der Waals surface area contributed by atoms with E-state index >= 15 is 0 Å². The first kappa shape index (κ1) is 19.7. The number of amides is 1. The lowest BCUT2D eigenvalue weighted by atomic mass is 10.1. The fourth-order valence-corrected chi connectivity index (χ4v) is 4.62. The molecular weight excluding hydrogens is 398 g/mol. The summed E-state index contributed by atoms with van der Waals surface area (Å²) in [5.41, 5.74) is 2.49. The SMILES string of the molecule is O=C(c1cnc2ccc(F)cc2c1N1CCN(c2ccccc2F)CC1)N1CCCC1. The number of likely N-dealkylation sites (tertiary alicyclic amines) is 1. The molecule has 0 N–H and O–H groups in total. The normalized spacial score (nSPS) is 16.9. The number of rotatable bonds is 3. The number of anilines is 2. The third-order valence-electron chi connectivity index (χ3n) is 6.21. The average molecular weight is 422 g/mol. The summed E-state index contributed by atoms with van der Waals surface area (Å²) in [7, 11) is 0. The summed E-state index contributed by atoms with van der Waals surface area (Å²) in [6.07, 6.45) is 3.62. The van der Waals surface area contributed by atoms with Gasteiger partial charge in [-0.25, -0.2) is 8.78 Å². The van der Waals surface area contributed by atoms with Crippen molar-refractivity contribution >= 4 is 28.2 Å². The van der Waals surface area contributed by atoms with Crippen LogP contribution in [0.25, 0.3) is 10.9 Å². The van der Waals surface area contributed by atoms with Crippen LogP contribution in [0.15, 0.2) is 48.7 Å². The largest absolute Gasteiger partial charge is 0.367 e. The molecule has 3 aromatic rings. The van der Waals surface area contributed by atoms with E-state index in [4.69, 9.17) is 0 Å². The van der Waals surface area contributed by atoms with Crippen LogP contribution in [0.2, 0.25) is 0 Å². The topological polar surface area (TPSA) is 39.7 Å². The molecule has 160 valence electrons. The maximum atomic E-state index is 14.2. The number of nitrogens with zero attached hydrogens (tertiary/aromatic N) is 4. The van der Waals surface area contributed by atoms with Gasteiger partial charge in [-0.05, 0) is 43.2 Å². The van der Waals surface area contributed by atoms with Gasteiger partial charge in [0.2, 0.25) is 0 Å². The van der Waals surface area contributed by atoms with Crippen LogP contribution in [-0.4, -0.2) is 55.1 Å². The van der Waals surface area contributed by atoms with Crippen molar-refractivity contribution in [3.63, 3.8) is 0 Å². The van der Waals surface area contributed by atoms with Crippen LogP contribution in [0.3, 0.4) is 0 Å².